The van der Waals surface area contributed by atoms with Crippen LogP contribution in [0.5, 0.6) is 5.75 Å². The van der Waals surface area contributed by atoms with E-state index >= 15 is 0 Å². The molecule has 2 aromatic heterocycles. The zero-order chi connectivity index (χ0) is 35.0. The van der Waals surface area contributed by atoms with Crippen molar-refractivity contribution in [3.63, 3.8) is 0 Å². The molecule has 0 aliphatic rings. The van der Waals surface area contributed by atoms with Crippen molar-refractivity contribution in [1.82, 2.24) is 9.13 Å². The Morgan fingerprint density at radius 2 is 0.882 bits per heavy atom. The summed E-state index contributed by atoms with van der Waals surface area (Å²) in [6.45, 7) is 10.6. The lowest BCUT2D eigenvalue weighted by atomic mass is 10.1. The van der Waals surface area contributed by atoms with E-state index in [0.29, 0.717) is 52.9 Å². The Labute approximate surface area is 299 Å². The van der Waals surface area contributed by atoms with Crippen molar-refractivity contribution in [1.29, 1.82) is 0 Å². The number of fused-ring (bicyclic) bond motifs is 6. The van der Waals surface area contributed by atoms with E-state index in [4.69, 9.17) is 23.7 Å². The van der Waals surface area contributed by atoms with Crippen LogP contribution >= 0.6 is 0 Å². The number of hydrogen-bond acceptors (Lipinski definition) is 6. The Balaban J connectivity index is 1.29. The maximum absolute atomic E-state index is 5.93. The third-order valence-corrected chi connectivity index (χ3v) is 9.43. The first-order chi connectivity index (χ1) is 25.2. The van der Waals surface area contributed by atoms with Crippen molar-refractivity contribution < 1.29 is 23.7 Å². The second kappa shape index (κ2) is 16.4. The summed E-state index contributed by atoms with van der Waals surface area (Å²) in [5.41, 5.74) is 7.97. The van der Waals surface area contributed by atoms with Crippen molar-refractivity contribution in [2.24, 2.45) is 0 Å². The molecule has 8 nitrogen and oxygen atoms in total. The number of rotatable bonds is 18. The van der Waals surface area contributed by atoms with E-state index in [1.807, 2.05) is 26.0 Å². The minimum atomic E-state index is 0.594. The van der Waals surface area contributed by atoms with Gasteiger partial charge in [-0.15, -0.1) is 0 Å². The molecule has 8 heteroatoms. The Kier molecular flexibility index (Phi) is 11.1. The third kappa shape index (κ3) is 7.32. The summed E-state index contributed by atoms with van der Waals surface area (Å²) in [6, 6.07) is 39.2. The van der Waals surface area contributed by atoms with Gasteiger partial charge in [-0.3, -0.25) is 0 Å². The fraction of sp³-hybridized carbons (Fsp3) is 0.302. The normalized spacial score (nSPS) is 11.7. The van der Waals surface area contributed by atoms with Crippen LogP contribution in [0.25, 0.3) is 43.6 Å². The number of anilines is 3. The van der Waals surface area contributed by atoms with E-state index < -0.39 is 0 Å². The second-order valence-corrected chi connectivity index (χ2v) is 12.4. The highest BCUT2D eigenvalue weighted by Gasteiger charge is 2.19. The first kappa shape index (κ1) is 34.6. The van der Waals surface area contributed by atoms with E-state index in [2.05, 4.69) is 111 Å². The summed E-state index contributed by atoms with van der Waals surface area (Å²) in [5, 5.41) is 4.86. The molecule has 0 amide bonds. The lowest BCUT2D eigenvalue weighted by Crippen LogP contribution is -2.11. The highest BCUT2D eigenvalue weighted by molar-refractivity contribution is 6.11. The smallest absolute Gasteiger partial charge is 0.119 e. The summed E-state index contributed by atoms with van der Waals surface area (Å²) in [4.78, 5) is 2.34. The second-order valence-electron chi connectivity index (χ2n) is 12.4. The molecule has 0 N–H and O–H groups in total. The first-order valence-corrected chi connectivity index (χ1v) is 18.0. The molecule has 0 saturated heterocycles. The maximum Gasteiger partial charge on any atom is 0.119 e. The molecule has 264 valence electrons. The molecule has 0 unspecified atom stereocenters. The van der Waals surface area contributed by atoms with Crippen LogP contribution in [0.1, 0.15) is 13.8 Å². The number of hydrogen-bond donors (Lipinski definition) is 0. The quantitative estimate of drug-likeness (QED) is 0.0839. The van der Waals surface area contributed by atoms with Crippen molar-refractivity contribution >= 4 is 60.7 Å². The summed E-state index contributed by atoms with van der Waals surface area (Å²) in [6.07, 6.45) is 0. The number of aromatic nitrogens is 2. The van der Waals surface area contributed by atoms with Crippen LogP contribution in [0, 0.1) is 0 Å². The zero-order valence-corrected chi connectivity index (χ0v) is 29.8. The van der Waals surface area contributed by atoms with Gasteiger partial charge in [0.15, 0.2) is 0 Å². The molecular weight excluding hydrogens is 638 g/mol. The molecule has 0 fully saturated rings. The van der Waals surface area contributed by atoms with E-state index in [0.717, 1.165) is 35.9 Å². The van der Waals surface area contributed by atoms with Gasteiger partial charge in [-0.1, -0.05) is 36.4 Å². The predicted molar refractivity (Wildman–Crippen MR) is 208 cm³/mol. The molecule has 51 heavy (non-hydrogen) atoms. The summed E-state index contributed by atoms with van der Waals surface area (Å²) in [5.74, 6) is 0.822. The number of benzene rings is 5. The lowest BCUT2D eigenvalue weighted by Gasteiger charge is -2.26. The number of nitrogens with zero attached hydrogens (tertiary/aromatic N) is 3. The van der Waals surface area contributed by atoms with Crippen LogP contribution in [0.15, 0.2) is 109 Å². The molecular formula is C43H47N3O5. The number of methoxy groups -OCH3 is 1. The Hall–Kier alpha value is -4.86. The Morgan fingerprint density at radius 3 is 1.35 bits per heavy atom. The summed E-state index contributed by atoms with van der Waals surface area (Å²) in [7, 11) is 1.70. The molecule has 7 rings (SSSR count). The molecule has 0 aliphatic heterocycles. The van der Waals surface area contributed by atoms with Crippen LogP contribution in [0.2, 0.25) is 0 Å². The Morgan fingerprint density at radius 1 is 0.451 bits per heavy atom. The van der Waals surface area contributed by atoms with Crippen LogP contribution in [-0.4, -0.2) is 69.1 Å². The van der Waals surface area contributed by atoms with Crippen molar-refractivity contribution in [2.45, 2.75) is 26.9 Å². The van der Waals surface area contributed by atoms with Gasteiger partial charge < -0.3 is 37.7 Å². The highest BCUT2D eigenvalue weighted by atomic mass is 16.5. The van der Waals surface area contributed by atoms with Gasteiger partial charge in [-0.25, -0.2) is 0 Å². The van der Waals surface area contributed by atoms with E-state index in [9.17, 15) is 0 Å². The number of ether oxygens (including phenoxy) is 5. The van der Waals surface area contributed by atoms with Crippen LogP contribution in [0.4, 0.5) is 17.1 Å². The van der Waals surface area contributed by atoms with Gasteiger partial charge >= 0.3 is 0 Å². The van der Waals surface area contributed by atoms with Gasteiger partial charge in [0.05, 0.1) is 46.8 Å². The largest absolute Gasteiger partial charge is 0.497 e. The zero-order valence-electron chi connectivity index (χ0n) is 29.8. The van der Waals surface area contributed by atoms with E-state index in [1.165, 1.54) is 43.6 Å². The molecule has 0 radical (unpaired) electrons. The molecule has 2 heterocycles. The van der Waals surface area contributed by atoms with Gasteiger partial charge in [0.2, 0.25) is 0 Å². The van der Waals surface area contributed by atoms with Gasteiger partial charge in [0, 0.05) is 87.0 Å². The monoisotopic (exact) mass is 685 g/mol. The first-order valence-electron chi connectivity index (χ1n) is 18.0. The van der Waals surface area contributed by atoms with Crippen LogP contribution < -0.4 is 9.64 Å². The predicted octanol–water partition coefficient (Wildman–Crippen LogP) is 9.49. The molecule has 0 aliphatic carbocycles. The average molecular weight is 686 g/mol. The summed E-state index contributed by atoms with van der Waals surface area (Å²) >= 11 is 0. The van der Waals surface area contributed by atoms with E-state index in [1.54, 1.807) is 7.11 Å². The minimum Gasteiger partial charge on any atom is -0.497 e. The van der Waals surface area contributed by atoms with Crippen molar-refractivity contribution in [3.05, 3.63) is 109 Å². The average Bonchev–Trinajstić information content (AvgIpc) is 3.66. The van der Waals surface area contributed by atoms with Crippen molar-refractivity contribution in [3.8, 4) is 5.75 Å². The summed E-state index contributed by atoms with van der Waals surface area (Å²) < 4.78 is 33.1. The topological polar surface area (TPSA) is 59.2 Å². The SMILES string of the molecule is CCOCCOCCn1c2ccccc2c2cc(N(c3ccc(OC)cc3)c3ccc4c(c3)c3ccccc3n4CCOCCOCC)ccc21. The fourth-order valence-electron chi connectivity index (χ4n) is 7.06. The van der Waals surface area contributed by atoms with Crippen LogP contribution in [-0.2, 0) is 32.0 Å². The van der Waals surface area contributed by atoms with Gasteiger partial charge in [-0.2, -0.15) is 0 Å². The van der Waals surface area contributed by atoms with Crippen LogP contribution in [0.3, 0.4) is 0 Å². The minimum absolute atomic E-state index is 0.594. The molecule has 0 bridgehead atoms. The molecule has 0 atom stereocenters. The van der Waals surface area contributed by atoms with Gasteiger partial charge in [0.25, 0.3) is 0 Å². The fourth-order valence-corrected chi connectivity index (χ4v) is 7.06. The third-order valence-electron chi connectivity index (χ3n) is 9.43. The van der Waals surface area contributed by atoms with E-state index in [-0.39, 0.29) is 0 Å². The molecule has 5 aromatic carbocycles. The Bertz CT molecular complexity index is 2070. The van der Waals surface area contributed by atoms with Gasteiger partial charge in [0.1, 0.15) is 5.75 Å². The molecule has 7 aromatic rings. The molecule has 0 saturated carbocycles. The standard InChI is InChI=1S/C43H47N3O5/c1-4-48-26-28-50-24-22-44-40-12-8-6-10-36(40)38-30-33(16-20-42(38)44)46(32-14-18-35(47-3)19-15-32)34-17-21-43-39(31-34)37-11-7-9-13-41(37)45(43)23-25-51-29-27-49-5-2/h6-21,30-31H,4-5,22-29H2,1-3H3. The lowest BCUT2D eigenvalue weighted by molar-refractivity contribution is 0.0503. The van der Waals surface area contributed by atoms with Crippen molar-refractivity contribution in [2.75, 3.05) is 64.9 Å². The molecule has 0 spiro atoms. The number of para-hydroxylation sites is 2. The van der Waals surface area contributed by atoms with Gasteiger partial charge in [-0.05, 0) is 86.6 Å². The highest BCUT2D eigenvalue weighted by Crippen LogP contribution is 2.41. The maximum atomic E-state index is 5.93.